The van der Waals surface area contributed by atoms with Gasteiger partial charge in [0.15, 0.2) is 0 Å². The number of hydrogen-bond donors (Lipinski definition) is 1. The van der Waals surface area contributed by atoms with E-state index in [0.717, 1.165) is 6.54 Å². The highest BCUT2D eigenvalue weighted by Crippen LogP contribution is 2.35. The van der Waals surface area contributed by atoms with Gasteiger partial charge in [0.2, 0.25) is 0 Å². The Morgan fingerprint density at radius 1 is 1.55 bits per heavy atom. The molecule has 2 rings (SSSR count). The van der Waals surface area contributed by atoms with Crippen LogP contribution in [0, 0.1) is 0 Å². The average Bonchev–Trinajstić information content (AvgIpc) is 2.55. The van der Waals surface area contributed by atoms with Gasteiger partial charge in [-0.05, 0) is 28.1 Å². The first-order valence-corrected chi connectivity index (χ1v) is 6.12. The van der Waals surface area contributed by atoms with Crippen molar-refractivity contribution >= 4 is 39.0 Å². The van der Waals surface area contributed by atoms with Gasteiger partial charge in [-0.25, -0.2) is 0 Å². The van der Waals surface area contributed by atoms with E-state index in [1.807, 2.05) is 23.1 Å². The fourth-order valence-electron chi connectivity index (χ4n) is 1.08. The molecular formula is C7H8BrNS2. The fraction of sp³-hybridized carbons (Fsp3) is 0.429. The Hall–Kier alpha value is 0.490. The zero-order valence-electron chi connectivity index (χ0n) is 5.84. The lowest BCUT2D eigenvalue weighted by Gasteiger charge is -2.04. The van der Waals surface area contributed by atoms with Gasteiger partial charge in [0.1, 0.15) is 0 Å². The SMILES string of the molecule is Brc1ccc([C@@H]2NCCS2)s1. The molecule has 1 fully saturated rings. The van der Waals surface area contributed by atoms with Gasteiger partial charge < -0.3 is 5.32 Å². The number of thioether (sulfide) groups is 1. The van der Waals surface area contributed by atoms with E-state index in [1.54, 1.807) is 0 Å². The number of halogens is 1. The van der Waals surface area contributed by atoms with E-state index >= 15 is 0 Å². The molecule has 4 heteroatoms. The van der Waals surface area contributed by atoms with Gasteiger partial charge in [0, 0.05) is 17.2 Å². The maximum absolute atomic E-state index is 3.46. The third-order valence-corrected chi connectivity index (χ3v) is 4.60. The lowest BCUT2D eigenvalue weighted by atomic mass is 10.4. The lowest BCUT2D eigenvalue weighted by Crippen LogP contribution is -2.10. The average molecular weight is 250 g/mol. The number of rotatable bonds is 1. The number of hydrogen-bond acceptors (Lipinski definition) is 3. The predicted molar refractivity (Wildman–Crippen MR) is 55.2 cm³/mol. The van der Waals surface area contributed by atoms with Crippen molar-refractivity contribution in [3.8, 4) is 0 Å². The van der Waals surface area contributed by atoms with Crippen LogP contribution >= 0.6 is 39.0 Å². The molecule has 0 aromatic carbocycles. The summed E-state index contributed by atoms with van der Waals surface area (Å²) < 4.78 is 1.22. The van der Waals surface area contributed by atoms with Crippen LogP contribution in [-0.4, -0.2) is 12.3 Å². The van der Waals surface area contributed by atoms with Crippen molar-refractivity contribution in [2.24, 2.45) is 0 Å². The Kier molecular flexibility index (Phi) is 2.56. The first-order valence-electron chi connectivity index (χ1n) is 3.46. The van der Waals surface area contributed by atoms with Crippen molar-refractivity contribution in [1.82, 2.24) is 5.32 Å². The normalized spacial score (nSPS) is 24.3. The van der Waals surface area contributed by atoms with E-state index < -0.39 is 0 Å². The largest absolute Gasteiger partial charge is 0.300 e. The van der Waals surface area contributed by atoms with Crippen LogP contribution in [0.25, 0.3) is 0 Å². The van der Waals surface area contributed by atoms with E-state index in [2.05, 4.69) is 33.4 Å². The van der Waals surface area contributed by atoms with Crippen molar-refractivity contribution in [3.05, 3.63) is 20.8 Å². The van der Waals surface area contributed by atoms with Crippen molar-refractivity contribution in [1.29, 1.82) is 0 Å². The second-order valence-corrected chi connectivity index (χ2v) is 6.05. The van der Waals surface area contributed by atoms with E-state index in [0.29, 0.717) is 5.37 Å². The van der Waals surface area contributed by atoms with Crippen LogP contribution in [-0.2, 0) is 0 Å². The summed E-state index contributed by atoms with van der Waals surface area (Å²) in [6.07, 6.45) is 0. The second-order valence-electron chi connectivity index (χ2n) is 2.35. The van der Waals surface area contributed by atoms with Gasteiger partial charge in [0.25, 0.3) is 0 Å². The molecule has 1 aromatic rings. The monoisotopic (exact) mass is 249 g/mol. The van der Waals surface area contributed by atoms with Crippen molar-refractivity contribution in [2.45, 2.75) is 5.37 Å². The summed E-state index contributed by atoms with van der Waals surface area (Å²) >= 11 is 7.27. The Labute approximate surface area is 82.7 Å². The first-order chi connectivity index (χ1) is 5.36. The molecule has 1 aliphatic rings. The molecule has 0 aliphatic carbocycles. The number of nitrogens with one attached hydrogen (secondary N) is 1. The molecule has 1 aromatic heterocycles. The molecule has 11 heavy (non-hydrogen) atoms. The fourth-order valence-corrected chi connectivity index (χ4v) is 3.76. The van der Waals surface area contributed by atoms with Crippen molar-refractivity contribution in [3.63, 3.8) is 0 Å². The number of thiophene rings is 1. The van der Waals surface area contributed by atoms with Gasteiger partial charge in [-0.2, -0.15) is 0 Å². The van der Waals surface area contributed by atoms with E-state index in [1.165, 1.54) is 14.4 Å². The summed E-state index contributed by atoms with van der Waals surface area (Å²) in [6, 6.07) is 4.30. The first kappa shape index (κ1) is 8.10. The maximum Gasteiger partial charge on any atom is 0.0883 e. The highest BCUT2D eigenvalue weighted by atomic mass is 79.9. The van der Waals surface area contributed by atoms with Crippen LogP contribution in [0.2, 0.25) is 0 Å². The van der Waals surface area contributed by atoms with E-state index in [-0.39, 0.29) is 0 Å². The van der Waals surface area contributed by atoms with Crippen LogP contribution in [0.5, 0.6) is 0 Å². The molecular weight excluding hydrogens is 242 g/mol. The summed E-state index contributed by atoms with van der Waals surface area (Å²) in [5, 5.41) is 3.99. The van der Waals surface area contributed by atoms with Gasteiger partial charge in [0.05, 0.1) is 9.16 Å². The highest BCUT2D eigenvalue weighted by Gasteiger charge is 2.17. The third kappa shape index (κ3) is 1.80. The molecule has 0 unspecified atom stereocenters. The van der Waals surface area contributed by atoms with Crippen molar-refractivity contribution in [2.75, 3.05) is 12.3 Å². The zero-order chi connectivity index (χ0) is 7.68. The second kappa shape index (κ2) is 3.47. The molecule has 1 saturated heterocycles. The van der Waals surface area contributed by atoms with E-state index in [9.17, 15) is 0 Å². The predicted octanol–water partition coefficient (Wildman–Crippen LogP) is 2.85. The van der Waals surface area contributed by atoms with Gasteiger partial charge in [-0.1, -0.05) is 0 Å². The molecule has 1 aliphatic heterocycles. The van der Waals surface area contributed by atoms with Crippen LogP contribution in [0.15, 0.2) is 15.9 Å². The molecule has 0 saturated carbocycles. The van der Waals surface area contributed by atoms with Crippen LogP contribution in [0.4, 0.5) is 0 Å². The third-order valence-electron chi connectivity index (χ3n) is 1.57. The smallest absolute Gasteiger partial charge is 0.0883 e. The lowest BCUT2D eigenvalue weighted by molar-refractivity contribution is 0.761. The van der Waals surface area contributed by atoms with Gasteiger partial charge in [-0.15, -0.1) is 23.1 Å². The summed E-state index contributed by atoms with van der Waals surface area (Å²) in [5.74, 6) is 1.24. The Balaban J connectivity index is 2.15. The summed E-state index contributed by atoms with van der Waals surface area (Å²) in [4.78, 5) is 1.43. The molecule has 0 radical (unpaired) electrons. The molecule has 1 N–H and O–H groups in total. The molecule has 1 atom stereocenters. The summed E-state index contributed by atoms with van der Waals surface area (Å²) in [7, 11) is 0. The zero-order valence-corrected chi connectivity index (χ0v) is 9.06. The molecule has 2 heterocycles. The molecule has 0 amide bonds. The van der Waals surface area contributed by atoms with Gasteiger partial charge >= 0.3 is 0 Å². The Morgan fingerprint density at radius 3 is 3.00 bits per heavy atom. The molecule has 60 valence electrons. The molecule has 0 spiro atoms. The standard InChI is InChI=1S/C7H8BrNS2/c8-6-2-1-5(11-6)7-9-3-4-10-7/h1-2,7,9H,3-4H2/t7-/m1/s1. The summed E-state index contributed by atoms with van der Waals surface area (Å²) in [5.41, 5.74) is 0. The van der Waals surface area contributed by atoms with Crippen molar-refractivity contribution < 1.29 is 0 Å². The Morgan fingerprint density at radius 2 is 2.45 bits per heavy atom. The van der Waals surface area contributed by atoms with Crippen LogP contribution < -0.4 is 5.32 Å². The summed E-state index contributed by atoms with van der Waals surface area (Å²) in [6.45, 7) is 1.14. The molecule has 0 bridgehead atoms. The minimum atomic E-state index is 0.547. The van der Waals surface area contributed by atoms with Crippen LogP contribution in [0.1, 0.15) is 10.3 Å². The maximum atomic E-state index is 3.46. The molecule has 1 nitrogen and oxygen atoms in total. The minimum absolute atomic E-state index is 0.547. The van der Waals surface area contributed by atoms with Gasteiger partial charge in [-0.3, -0.25) is 0 Å². The highest BCUT2D eigenvalue weighted by molar-refractivity contribution is 9.11. The quantitative estimate of drug-likeness (QED) is 0.822. The van der Waals surface area contributed by atoms with E-state index in [4.69, 9.17) is 0 Å². The topological polar surface area (TPSA) is 12.0 Å². The minimum Gasteiger partial charge on any atom is -0.300 e. The Bertz CT molecular complexity index is 242. The van der Waals surface area contributed by atoms with Crippen LogP contribution in [0.3, 0.4) is 0 Å².